The Hall–Kier alpha value is -2.68. The summed E-state index contributed by atoms with van der Waals surface area (Å²) in [5, 5.41) is 13.6. The van der Waals surface area contributed by atoms with E-state index < -0.39 is 0 Å². The zero-order valence-corrected chi connectivity index (χ0v) is 13.0. The minimum Gasteiger partial charge on any atom is -0.497 e. The molecule has 0 fully saturated rings. The molecule has 2 rings (SSSR count). The molecule has 0 aliphatic rings. The first-order chi connectivity index (χ1) is 10.6. The highest BCUT2D eigenvalue weighted by Gasteiger charge is 2.19. The summed E-state index contributed by atoms with van der Waals surface area (Å²) in [7, 11) is 1.62. The Bertz CT molecular complexity index is 671. The highest BCUT2D eigenvalue weighted by molar-refractivity contribution is 5.55. The Morgan fingerprint density at radius 1 is 1.36 bits per heavy atom. The van der Waals surface area contributed by atoms with E-state index in [-0.39, 0.29) is 17.5 Å². The molecule has 1 heterocycles. The van der Waals surface area contributed by atoms with Gasteiger partial charge in [0.25, 0.3) is 5.88 Å². The molecule has 0 spiro atoms. The SMILES string of the molecule is CC[C@@H](C)n1nc(OCc2ccc(OC)cc2)c(C#N)c1N. The van der Waals surface area contributed by atoms with Crippen molar-refractivity contribution >= 4 is 5.82 Å². The zero-order chi connectivity index (χ0) is 16.1. The second kappa shape index (κ2) is 6.85. The summed E-state index contributed by atoms with van der Waals surface area (Å²) in [6.07, 6.45) is 0.870. The van der Waals surface area contributed by atoms with Crippen molar-refractivity contribution in [2.24, 2.45) is 0 Å². The first-order valence-electron chi connectivity index (χ1n) is 7.14. The van der Waals surface area contributed by atoms with E-state index in [1.54, 1.807) is 11.8 Å². The van der Waals surface area contributed by atoms with Crippen LogP contribution in [0.1, 0.15) is 37.4 Å². The van der Waals surface area contributed by atoms with Gasteiger partial charge in [-0.25, -0.2) is 4.68 Å². The number of ether oxygens (including phenoxy) is 2. The van der Waals surface area contributed by atoms with Crippen molar-refractivity contribution in [2.45, 2.75) is 32.9 Å². The average molecular weight is 300 g/mol. The predicted molar refractivity (Wildman–Crippen MR) is 83.7 cm³/mol. The molecule has 0 aliphatic heterocycles. The number of nitrogens with two attached hydrogens (primary N) is 1. The van der Waals surface area contributed by atoms with Crippen molar-refractivity contribution in [3.8, 4) is 17.7 Å². The summed E-state index contributed by atoms with van der Waals surface area (Å²) in [4.78, 5) is 0. The number of methoxy groups -OCH3 is 1. The first-order valence-corrected chi connectivity index (χ1v) is 7.14. The maximum atomic E-state index is 9.25. The van der Waals surface area contributed by atoms with Gasteiger partial charge in [0, 0.05) is 0 Å². The Morgan fingerprint density at radius 3 is 2.59 bits per heavy atom. The van der Waals surface area contributed by atoms with E-state index in [0.717, 1.165) is 17.7 Å². The molecule has 6 heteroatoms. The highest BCUT2D eigenvalue weighted by Crippen LogP contribution is 2.27. The van der Waals surface area contributed by atoms with E-state index in [0.29, 0.717) is 12.4 Å². The van der Waals surface area contributed by atoms with E-state index in [1.807, 2.05) is 38.1 Å². The fourth-order valence-corrected chi connectivity index (χ4v) is 2.01. The van der Waals surface area contributed by atoms with Crippen LogP contribution in [0, 0.1) is 11.3 Å². The summed E-state index contributed by atoms with van der Waals surface area (Å²) in [6, 6.07) is 9.70. The smallest absolute Gasteiger partial charge is 0.253 e. The number of anilines is 1. The molecule has 0 saturated carbocycles. The van der Waals surface area contributed by atoms with E-state index in [1.165, 1.54) is 0 Å². The van der Waals surface area contributed by atoms with Gasteiger partial charge in [-0.1, -0.05) is 19.1 Å². The van der Waals surface area contributed by atoms with Crippen molar-refractivity contribution in [1.29, 1.82) is 5.26 Å². The fourth-order valence-electron chi connectivity index (χ4n) is 2.01. The van der Waals surface area contributed by atoms with Crippen molar-refractivity contribution in [3.63, 3.8) is 0 Å². The molecule has 0 radical (unpaired) electrons. The second-order valence-corrected chi connectivity index (χ2v) is 5.02. The number of nitriles is 1. The van der Waals surface area contributed by atoms with Gasteiger partial charge in [0.05, 0.1) is 13.2 Å². The van der Waals surface area contributed by atoms with Crippen molar-refractivity contribution in [2.75, 3.05) is 12.8 Å². The van der Waals surface area contributed by atoms with Gasteiger partial charge in [0.2, 0.25) is 0 Å². The number of hydrogen-bond acceptors (Lipinski definition) is 5. The Balaban J connectivity index is 2.16. The third-order valence-corrected chi connectivity index (χ3v) is 3.57. The van der Waals surface area contributed by atoms with E-state index in [9.17, 15) is 5.26 Å². The Morgan fingerprint density at radius 2 is 2.05 bits per heavy atom. The van der Waals surface area contributed by atoms with Gasteiger partial charge in [-0.3, -0.25) is 0 Å². The van der Waals surface area contributed by atoms with Crippen LogP contribution in [0.5, 0.6) is 11.6 Å². The van der Waals surface area contributed by atoms with Gasteiger partial charge < -0.3 is 15.2 Å². The van der Waals surface area contributed by atoms with Crippen LogP contribution in [-0.2, 0) is 6.61 Å². The van der Waals surface area contributed by atoms with Gasteiger partial charge in [-0.05, 0) is 31.0 Å². The minimum absolute atomic E-state index is 0.116. The molecule has 116 valence electrons. The second-order valence-electron chi connectivity index (χ2n) is 5.02. The van der Waals surface area contributed by atoms with Gasteiger partial charge in [-0.2, -0.15) is 5.26 Å². The molecular weight excluding hydrogens is 280 g/mol. The number of hydrogen-bond donors (Lipinski definition) is 1. The topological polar surface area (TPSA) is 86.1 Å². The summed E-state index contributed by atoms with van der Waals surface area (Å²) in [5.41, 5.74) is 7.22. The predicted octanol–water partition coefficient (Wildman–Crippen LogP) is 2.90. The summed E-state index contributed by atoms with van der Waals surface area (Å²) in [6.45, 7) is 4.35. The maximum Gasteiger partial charge on any atom is 0.253 e. The molecule has 0 bridgehead atoms. The summed E-state index contributed by atoms with van der Waals surface area (Å²) < 4.78 is 12.4. The standard InChI is InChI=1S/C16H20N4O2/c1-4-11(2)20-15(18)14(9-17)16(19-20)22-10-12-5-7-13(21-3)8-6-12/h5-8,11H,4,10,18H2,1-3H3/t11-/m1/s1. The van der Waals surface area contributed by atoms with Crippen molar-refractivity contribution in [1.82, 2.24) is 9.78 Å². The van der Waals surface area contributed by atoms with Gasteiger partial charge in [0.1, 0.15) is 24.2 Å². The lowest BCUT2D eigenvalue weighted by Gasteiger charge is -2.10. The molecule has 1 aromatic heterocycles. The lowest BCUT2D eigenvalue weighted by molar-refractivity contribution is 0.286. The molecule has 6 nitrogen and oxygen atoms in total. The molecule has 0 saturated heterocycles. The third kappa shape index (κ3) is 3.14. The molecule has 22 heavy (non-hydrogen) atoms. The average Bonchev–Trinajstić information content (AvgIpc) is 2.88. The third-order valence-electron chi connectivity index (χ3n) is 3.57. The number of benzene rings is 1. The molecule has 1 aromatic carbocycles. The molecule has 0 unspecified atom stereocenters. The molecule has 1 atom stereocenters. The van der Waals surface area contributed by atoms with Crippen LogP contribution in [-0.4, -0.2) is 16.9 Å². The van der Waals surface area contributed by atoms with Gasteiger partial charge >= 0.3 is 0 Å². The number of nitrogens with zero attached hydrogens (tertiary/aromatic N) is 3. The molecule has 2 N–H and O–H groups in total. The number of rotatable bonds is 6. The molecule has 2 aromatic rings. The van der Waals surface area contributed by atoms with Crippen LogP contribution < -0.4 is 15.2 Å². The lowest BCUT2D eigenvalue weighted by atomic mass is 10.2. The van der Waals surface area contributed by atoms with Crippen molar-refractivity contribution in [3.05, 3.63) is 35.4 Å². The van der Waals surface area contributed by atoms with Crippen molar-refractivity contribution < 1.29 is 9.47 Å². The lowest BCUT2D eigenvalue weighted by Crippen LogP contribution is -2.09. The molecule has 0 amide bonds. The summed E-state index contributed by atoms with van der Waals surface area (Å²) in [5.74, 6) is 1.41. The fraction of sp³-hybridized carbons (Fsp3) is 0.375. The minimum atomic E-state index is 0.116. The van der Waals surface area contributed by atoms with Crippen LogP contribution in [0.25, 0.3) is 0 Å². The van der Waals surface area contributed by atoms with Crippen LogP contribution in [0.3, 0.4) is 0 Å². The number of aromatic nitrogens is 2. The maximum absolute atomic E-state index is 9.25. The largest absolute Gasteiger partial charge is 0.497 e. The normalized spacial score (nSPS) is 11.7. The zero-order valence-electron chi connectivity index (χ0n) is 13.0. The monoisotopic (exact) mass is 300 g/mol. The first kappa shape index (κ1) is 15.7. The van der Waals surface area contributed by atoms with E-state index >= 15 is 0 Å². The number of nitrogen functional groups attached to an aromatic ring is 1. The highest BCUT2D eigenvalue weighted by atomic mass is 16.5. The Kier molecular flexibility index (Phi) is 4.89. The van der Waals surface area contributed by atoms with Gasteiger partial charge in [0.15, 0.2) is 5.56 Å². The quantitative estimate of drug-likeness (QED) is 0.886. The molecule has 0 aliphatic carbocycles. The van der Waals surface area contributed by atoms with Crippen LogP contribution in [0.15, 0.2) is 24.3 Å². The van der Waals surface area contributed by atoms with Gasteiger partial charge in [-0.15, -0.1) is 5.10 Å². The van der Waals surface area contributed by atoms with Crippen LogP contribution in [0.2, 0.25) is 0 Å². The van der Waals surface area contributed by atoms with Crippen LogP contribution >= 0.6 is 0 Å². The van der Waals surface area contributed by atoms with Crippen LogP contribution in [0.4, 0.5) is 5.82 Å². The molecular formula is C16H20N4O2. The van der Waals surface area contributed by atoms with E-state index in [4.69, 9.17) is 15.2 Å². The Labute approximate surface area is 130 Å². The summed E-state index contributed by atoms with van der Waals surface area (Å²) >= 11 is 0. The van der Waals surface area contributed by atoms with E-state index in [2.05, 4.69) is 11.2 Å².